The van der Waals surface area contributed by atoms with Crippen LogP contribution in [0.1, 0.15) is 13.8 Å². The summed E-state index contributed by atoms with van der Waals surface area (Å²) in [6, 6.07) is 1.70. The summed E-state index contributed by atoms with van der Waals surface area (Å²) in [6.45, 7) is 3.50. The van der Waals surface area contributed by atoms with Gasteiger partial charge in [0.2, 0.25) is 0 Å². The van der Waals surface area contributed by atoms with Crippen LogP contribution in [0.2, 0.25) is 0 Å². The fraction of sp³-hybridized carbons (Fsp3) is 0.500. The zero-order valence-electron chi connectivity index (χ0n) is 5.05. The second-order valence-corrected chi connectivity index (χ2v) is 1.56. The minimum absolute atomic E-state index is 0.701. The van der Waals surface area contributed by atoms with E-state index in [0.29, 0.717) is 5.57 Å². The molecule has 0 unspecified atom stereocenters. The third kappa shape index (κ3) is 1.76. The summed E-state index contributed by atoms with van der Waals surface area (Å²) >= 11 is 0. The van der Waals surface area contributed by atoms with Crippen LogP contribution in [0, 0.1) is 11.3 Å². The number of aliphatic hydroxyl groups is 1. The molecule has 0 aliphatic heterocycles. The lowest BCUT2D eigenvalue weighted by Crippen LogP contribution is -2.02. The molecule has 0 aliphatic rings. The average Bonchev–Trinajstić information content (AvgIpc) is 1.84. The van der Waals surface area contributed by atoms with Crippen LogP contribution in [-0.2, 0) is 0 Å². The van der Waals surface area contributed by atoms with E-state index < -0.39 is 6.10 Å². The molecule has 0 heterocycles. The van der Waals surface area contributed by atoms with E-state index in [1.807, 2.05) is 0 Å². The van der Waals surface area contributed by atoms with Crippen LogP contribution < -0.4 is 0 Å². The molecular weight excluding hydrogens is 102 g/mol. The number of aliphatic hydroxyl groups excluding tert-OH is 1. The van der Waals surface area contributed by atoms with Crippen molar-refractivity contribution in [2.75, 3.05) is 0 Å². The van der Waals surface area contributed by atoms with Gasteiger partial charge in [0.05, 0.1) is 6.07 Å². The monoisotopic (exact) mass is 111 g/mol. The van der Waals surface area contributed by atoms with E-state index in [1.54, 1.807) is 26.0 Å². The maximum Gasteiger partial charge on any atom is 0.161 e. The molecule has 8 heavy (non-hydrogen) atoms. The Labute approximate surface area is 49.1 Å². The van der Waals surface area contributed by atoms with Crippen LogP contribution in [0.15, 0.2) is 11.6 Å². The molecule has 44 valence electrons. The van der Waals surface area contributed by atoms with Crippen LogP contribution in [0.25, 0.3) is 0 Å². The number of hydrogen-bond acceptors (Lipinski definition) is 2. The van der Waals surface area contributed by atoms with Crippen molar-refractivity contribution in [2.24, 2.45) is 0 Å². The van der Waals surface area contributed by atoms with Gasteiger partial charge >= 0.3 is 0 Å². The highest BCUT2D eigenvalue weighted by Gasteiger charge is 1.99. The summed E-state index contributed by atoms with van der Waals surface area (Å²) in [6.07, 6.45) is 0.799. The molecule has 2 heteroatoms. The predicted molar refractivity (Wildman–Crippen MR) is 31.1 cm³/mol. The van der Waals surface area contributed by atoms with Crippen molar-refractivity contribution < 1.29 is 5.11 Å². The summed E-state index contributed by atoms with van der Waals surface area (Å²) in [4.78, 5) is 0. The average molecular weight is 111 g/mol. The lowest BCUT2D eigenvalue weighted by molar-refractivity contribution is 0.266. The summed E-state index contributed by atoms with van der Waals surface area (Å²) in [5, 5.41) is 16.8. The van der Waals surface area contributed by atoms with Crippen molar-refractivity contribution in [3.8, 4) is 6.07 Å². The zero-order chi connectivity index (χ0) is 6.57. The first kappa shape index (κ1) is 7.19. The predicted octanol–water partition coefficient (Wildman–Crippen LogP) is 0.837. The molecule has 0 aromatic rings. The molecule has 0 radical (unpaired) electrons. The molecule has 0 aliphatic carbocycles. The minimum Gasteiger partial charge on any atom is -0.374 e. The molecule has 0 aromatic carbocycles. The lowest BCUT2D eigenvalue weighted by Gasteiger charge is -1.96. The van der Waals surface area contributed by atoms with Crippen molar-refractivity contribution in [1.82, 2.24) is 0 Å². The number of rotatable bonds is 1. The second-order valence-electron chi connectivity index (χ2n) is 1.56. The Balaban J connectivity index is 3.87. The van der Waals surface area contributed by atoms with Gasteiger partial charge in [0.25, 0.3) is 0 Å². The number of hydrogen-bond donors (Lipinski definition) is 1. The maximum atomic E-state index is 8.70. The van der Waals surface area contributed by atoms with Gasteiger partial charge in [-0.2, -0.15) is 5.26 Å². The van der Waals surface area contributed by atoms with Gasteiger partial charge in [0.1, 0.15) is 0 Å². The Morgan fingerprint density at radius 2 is 2.38 bits per heavy atom. The molecule has 0 saturated carbocycles. The fourth-order valence-corrected chi connectivity index (χ4v) is 0.260. The standard InChI is InChI=1S/C6H9NO/c1-3-5(2)6(8)4-7/h3,6,8H,1-2H3/b5-3+/t6-/m0/s1. The van der Waals surface area contributed by atoms with Gasteiger partial charge in [0.15, 0.2) is 6.10 Å². The largest absolute Gasteiger partial charge is 0.374 e. The molecule has 2 nitrogen and oxygen atoms in total. The van der Waals surface area contributed by atoms with E-state index in [9.17, 15) is 0 Å². The lowest BCUT2D eigenvalue weighted by atomic mass is 10.2. The zero-order valence-corrected chi connectivity index (χ0v) is 5.05. The summed E-state index contributed by atoms with van der Waals surface area (Å²) in [5.74, 6) is 0. The molecule has 0 amide bonds. The topological polar surface area (TPSA) is 44.0 Å². The highest BCUT2D eigenvalue weighted by molar-refractivity contribution is 5.11. The molecule has 0 bridgehead atoms. The Hall–Kier alpha value is -0.810. The molecule has 0 spiro atoms. The van der Waals surface area contributed by atoms with Gasteiger partial charge in [-0.15, -0.1) is 0 Å². The quantitative estimate of drug-likeness (QED) is 0.402. The molecule has 1 N–H and O–H groups in total. The Morgan fingerprint density at radius 1 is 1.88 bits per heavy atom. The summed E-state index contributed by atoms with van der Waals surface area (Å²) in [7, 11) is 0. The van der Waals surface area contributed by atoms with Crippen molar-refractivity contribution in [1.29, 1.82) is 5.26 Å². The second kappa shape index (κ2) is 3.23. The van der Waals surface area contributed by atoms with E-state index in [0.717, 1.165) is 0 Å². The minimum atomic E-state index is -0.917. The third-order valence-corrected chi connectivity index (χ3v) is 1.01. The van der Waals surface area contributed by atoms with Gasteiger partial charge in [-0.05, 0) is 19.4 Å². The summed E-state index contributed by atoms with van der Waals surface area (Å²) < 4.78 is 0. The van der Waals surface area contributed by atoms with Gasteiger partial charge in [-0.3, -0.25) is 0 Å². The van der Waals surface area contributed by atoms with E-state index in [4.69, 9.17) is 10.4 Å². The first-order chi connectivity index (χ1) is 3.72. The summed E-state index contributed by atoms with van der Waals surface area (Å²) in [5.41, 5.74) is 0.701. The normalized spacial score (nSPS) is 15.0. The molecule has 0 fully saturated rings. The van der Waals surface area contributed by atoms with Gasteiger partial charge in [0, 0.05) is 0 Å². The Bertz CT molecular complexity index is 132. The van der Waals surface area contributed by atoms with Gasteiger partial charge < -0.3 is 5.11 Å². The van der Waals surface area contributed by atoms with Crippen LogP contribution >= 0.6 is 0 Å². The molecule has 1 atom stereocenters. The molecule has 0 saturated heterocycles. The number of nitrogens with zero attached hydrogens (tertiary/aromatic N) is 1. The first-order valence-corrected chi connectivity index (χ1v) is 2.43. The molecular formula is C6H9NO. The SMILES string of the molecule is C/C=C(\C)[C@@H](O)C#N. The Kier molecular flexibility index (Phi) is 2.90. The van der Waals surface area contributed by atoms with E-state index in [1.165, 1.54) is 0 Å². The number of nitriles is 1. The fourth-order valence-electron chi connectivity index (χ4n) is 0.260. The van der Waals surface area contributed by atoms with Crippen molar-refractivity contribution >= 4 is 0 Å². The van der Waals surface area contributed by atoms with Crippen LogP contribution in [0.4, 0.5) is 0 Å². The Morgan fingerprint density at radius 3 is 2.50 bits per heavy atom. The highest BCUT2D eigenvalue weighted by Crippen LogP contribution is 1.97. The molecule has 0 aromatic heterocycles. The van der Waals surface area contributed by atoms with E-state index in [2.05, 4.69) is 0 Å². The highest BCUT2D eigenvalue weighted by atomic mass is 16.3. The van der Waals surface area contributed by atoms with Gasteiger partial charge in [-0.1, -0.05) is 6.08 Å². The first-order valence-electron chi connectivity index (χ1n) is 2.43. The smallest absolute Gasteiger partial charge is 0.161 e. The maximum absolute atomic E-state index is 8.70. The van der Waals surface area contributed by atoms with Crippen molar-refractivity contribution in [2.45, 2.75) is 20.0 Å². The van der Waals surface area contributed by atoms with Crippen LogP contribution in [0.5, 0.6) is 0 Å². The van der Waals surface area contributed by atoms with E-state index >= 15 is 0 Å². The van der Waals surface area contributed by atoms with Gasteiger partial charge in [-0.25, -0.2) is 0 Å². The number of allylic oxidation sites excluding steroid dienone is 1. The van der Waals surface area contributed by atoms with Crippen LogP contribution in [-0.4, -0.2) is 11.2 Å². The van der Waals surface area contributed by atoms with Crippen molar-refractivity contribution in [3.63, 3.8) is 0 Å². The van der Waals surface area contributed by atoms with Crippen molar-refractivity contribution in [3.05, 3.63) is 11.6 Å². The third-order valence-electron chi connectivity index (χ3n) is 1.01. The molecule has 0 rings (SSSR count). The van der Waals surface area contributed by atoms with E-state index in [-0.39, 0.29) is 0 Å². The van der Waals surface area contributed by atoms with Crippen LogP contribution in [0.3, 0.4) is 0 Å².